The van der Waals surface area contributed by atoms with Gasteiger partial charge in [-0.15, -0.1) is 0 Å². The van der Waals surface area contributed by atoms with E-state index in [0.29, 0.717) is 24.3 Å². The summed E-state index contributed by atoms with van der Waals surface area (Å²) in [6, 6.07) is 1.94. The number of rotatable bonds is 4. The zero-order valence-corrected chi connectivity index (χ0v) is 8.53. The van der Waals surface area contributed by atoms with Crippen LogP contribution in [-0.4, -0.2) is 22.2 Å². The molecule has 3 N–H and O–H groups in total. The van der Waals surface area contributed by atoms with Gasteiger partial charge in [0, 0.05) is 12.7 Å². The fraction of sp³-hybridized carbons (Fsp3) is 0.444. The van der Waals surface area contributed by atoms with Gasteiger partial charge >= 0.3 is 0 Å². The predicted octanol–water partition coefficient (Wildman–Crippen LogP) is -0.196. The number of nitriles is 1. The van der Waals surface area contributed by atoms with Crippen LogP contribution in [0.1, 0.15) is 12.1 Å². The summed E-state index contributed by atoms with van der Waals surface area (Å²) in [6.45, 7) is 2.27. The van der Waals surface area contributed by atoms with Crippen LogP contribution < -0.4 is 11.1 Å². The summed E-state index contributed by atoms with van der Waals surface area (Å²) in [5.74, 6) is -0.173. The monoisotopic (exact) mass is 207 g/mol. The number of hydrogen-bond donors (Lipinski definition) is 2. The molecular formula is C9H13N5O. The van der Waals surface area contributed by atoms with Gasteiger partial charge in [-0.05, 0) is 6.92 Å². The second-order valence-corrected chi connectivity index (χ2v) is 3.13. The first-order chi connectivity index (χ1) is 7.13. The van der Waals surface area contributed by atoms with Gasteiger partial charge < -0.3 is 11.1 Å². The molecular weight excluding hydrogens is 194 g/mol. The number of hydrogen-bond acceptors (Lipinski definition) is 4. The lowest BCUT2D eigenvalue weighted by Gasteiger charge is -2.02. The number of nitrogens with zero attached hydrogens (tertiary/aromatic N) is 3. The van der Waals surface area contributed by atoms with Crippen molar-refractivity contribution in [3.63, 3.8) is 0 Å². The molecule has 0 aliphatic heterocycles. The maximum atomic E-state index is 11.3. The highest BCUT2D eigenvalue weighted by molar-refractivity contribution is 5.75. The standard InChI is InChI=1S/C9H13N5O/c1-7-8(11)5-14(13-7)6-9(15)12-4-2-3-10/h5H,2,4,6,11H2,1H3,(H,12,15). The van der Waals surface area contributed by atoms with Gasteiger partial charge in [-0.25, -0.2) is 0 Å². The maximum absolute atomic E-state index is 11.3. The average molecular weight is 207 g/mol. The molecule has 1 aromatic rings. The van der Waals surface area contributed by atoms with Crippen molar-refractivity contribution < 1.29 is 4.79 Å². The van der Waals surface area contributed by atoms with Gasteiger partial charge in [0.15, 0.2) is 0 Å². The second kappa shape index (κ2) is 5.00. The summed E-state index contributed by atoms with van der Waals surface area (Å²) in [6.07, 6.45) is 1.92. The van der Waals surface area contributed by atoms with Crippen molar-refractivity contribution in [2.24, 2.45) is 0 Å². The highest BCUT2D eigenvalue weighted by Crippen LogP contribution is 2.05. The lowest BCUT2D eigenvalue weighted by atomic mass is 10.4. The Kier molecular flexibility index (Phi) is 3.68. The first-order valence-electron chi connectivity index (χ1n) is 4.56. The van der Waals surface area contributed by atoms with Gasteiger partial charge in [0.25, 0.3) is 0 Å². The molecule has 1 amide bonds. The minimum Gasteiger partial charge on any atom is -0.396 e. The molecule has 15 heavy (non-hydrogen) atoms. The summed E-state index contributed by atoms with van der Waals surface area (Å²) < 4.78 is 1.48. The smallest absolute Gasteiger partial charge is 0.241 e. The molecule has 1 rings (SSSR count). The van der Waals surface area contributed by atoms with E-state index in [1.165, 1.54) is 4.68 Å². The lowest BCUT2D eigenvalue weighted by Crippen LogP contribution is -2.28. The molecule has 0 aromatic carbocycles. The van der Waals surface area contributed by atoms with E-state index in [1.54, 1.807) is 13.1 Å². The van der Waals surface area contributed by atoms with Crippen LogP contribution in [0.5, 0.6) is 0 Å². The summed E-state index contributed by atoms with van der Waals surface area (Å²) >= 11 is 0. The maximum Gasteiger partial charge on any atom is 0.241 e. The van der Waals surface area contributed by atoms with E-state index in [1.807, 2.05) is 6.07 Å². The van der Waals surface area contributed by atoms with Gasteiger partial charge in [-0.1, -0.05) is 0 Å². The Morgan fingerprint density at radius 2 is 2.53 bits per heavy atom. The number of aryl methyl sites for hydroxylation is 1. The largest absolute Gasteiger partial charge is 0.396 e. The Labute approximate surface area is 87.7 Å². The van der Waals surface area contributed by atoms with Crippen LogP contribution in [0.25, 0.3) is 0 Å². The number of carbonyl (C=O) groups is 1. The van der Waals surface area contributed by atoms with Crippen molar-refractivity contribution >= 4 is 11.6 Å². The summed E-state index contributed by atoms with van der Waals surface area (Å²) in [5, 5.41) is 14.9. The molecule has 6 nitrogen and oxygen atoms in total. The molecule has 0 aliphatic carbocycles. The van der Waals surface area contributed by atoms with Crippen LogP contribution in [0, 0.1) is 18.3 Å². The van der Waals surface area contributed by atoms with E-state index in [-0.39, 0.29) is 12.5 Å². The van der Waals surface area contributed by atoms with Crippen molar-refractivity contribution in [3.8, 4) is 6.07 Å². The summed E-state index contributed by atoms with van der Waals surface area (Å²) in [5.41, 5.74) is 6.86. The summed E-state index contributed by atoms with van der Waals surface area (Å²) in [7, 11) is 0. The number of carbonyl (C=O) groups excluding carboxylic acids is 1. The molecule has 1 aromatic heterocycles. The fourth-order valence-corrected chi connectivity index (χ4v) is 1.08. The third-order valence-electron chi connectivity index (χ3n) is 1.85. The number of nitrogens with one attached hydrogen (secondary N) is 1. The molecule has 80 valence electrons. The zero-order chi connectivity index (χ0) is 11.3. The molecule has 0 saturated heterocycles. The number of aromatic nitrogens is 2. The highest BCUT2D eigenvalue weighted by Gasteiger charge is 2.05. The topological polar surface area (TPSA) is 96.7 Å². The van der Waals surface area contributed by atoms with Crippen LogP contribution in [-0.2, 0) is 11.3 Å². The quantitative estimate of drug-likeness (QED) is 0.668. The van der Waals surface area contributed by atoms with E-state index in [4.69, 9.17) is 11.0 Å². The molecule has 0 fully saturated rings. The highest BCUT2D eigenvalue weighted by atomic mass is 16.2. The van der Waals surface area contributed by atoms with E-state index in [0.717, 1.165) is 0 Å². The molecule has 0 aliphatic rings. The molecule has 6 heteroatoms. The number of nitrogen functional groups attached to an aromatic ring is 1. The van der Waals surface area contributed by atoms with E-state index >= 15 is 0 Å². The first-order valence-corrected chi connectivity index (χ1v) is 4.56. The fourth-order valence-electron chi connectivity index (χ4n) is 1.08. The van der Waals surface area contributed by atoms with E-state index < -0.39 is 0 Å². The van der Waals surface area contributed by atoms with Crippen molar-refractivity contribution in [2.45, 2.75) is 19.9 Å². The molecule has 0 bridgehead atoms. The van der Waals surface area contributed by atoms with Gasteiger partial charge in [-0.3, -0.25) is 9.48 Å². The van der Waals surface area contributed by atoms with Crippen molar-refractivity contribution in [3.05, 3.63) is 11.9 Å². The second-order valence-electron chi connectivity index (χ2n) is 3.13. The Balaban J connectivity index is 2.42. The molecule has 0 radical (unpaired) electrons. The van der Waals surface area contributed by atoms with Gasteiger partial charge in [0.05, 0.1) is 23.9 Å². The Morgan fingerprint density at radius 1 is 1.80 bits per heavy atom. The van der Waals surface area contributed by atoms with E-state index in [9.17, 15) is 4.79 Å². The molecule has 0 atom stereocenters. The third-order valence-corrected chi connectivity index (χ3v) is 1.85. The predicted molar refractivity (Wildman–Crippen MR) is 54.6 cm³/mol. The Bertz CT molecular complexity index is 370. The van der Waals surface area contributed by atoms with Crippen molar-refractivity contribution in [2.75, 3.05) is 12.3 Å². The third kappa shape index (κ3) is 3.31. The number of anilines is 1. The van der Waals surface area contributed by atoms with Crippen molar-refractivity contribution in [1.82, 2.24) is 15.1 Å². The molecule has 1 heterocycles. The minimum atomic E-state index is -0.173. The average Bonchev–Trinajstić information content (AvgIpc) is 2.46. The lowest BCUT2D eigenvalue weighted by molar-refractivity contribution is -0.121. The molecule has 0 spiro atoms. The SMILES string of the molecule is Cc1nn(CC(=O)NCCC#N)cc1N. The van der Waals surface area contributed by atoms with Crippen molar-refractivity contribution in [1.29, 1.82) is 5.26 Å². The Morgan fingerprint density at radius 3 is 3.07 bits per heavy atom. The minimum absolute atomic E-state index is 0.128. The van der Waals surface area contributed by atoms with Crippen LogP contribution in [0.3, 0.4) is 0 Å². The van der Waals surface area contributed by atoms with Crippen LogP contribution in [0.2, 0.25) is 0 Å². The Hall–Kier alpha value is -2.03. The first kappa shape index (κ1) is 11.0. The van der Waals surface area contributed by atoms with Crippen LogP contribution >= 0.6 is 0 Å². The van der Waals surface area contributed by atoms with Crippen LogP contribution in [0.4, 0.5) is 5.69 Å². The van der Waals surface area contributed by atoms with Gasteiger partial charge in [-0.2, -0.15) is 10.4 Å². The summed E-state index contributed by atoms with van der Waals surface area (Å²) in [4.78, 5) is 11.3. The number of nitrogens with two attached hydrogens (primary N) is 1. The van der Waals surface area contributed by atoms with E-state index in [2.05, 4.69) is 10.4 Å². The van der Waals surface area contributed by atoms with Gasteiger partial charge in [0.2, 0.25) is 5.91 Å². The number of amides is 1. The molecule has 0 saturated carbocycles. The normalized spacial score (nSPS) is 9.60. The van der Waals surface area contributed by atoms with Crippen LogP contribution in [0.15, 0.2) is 6.20 Å². The zero-order valence-electron chi connectivity index (χ0n) is 8.53. The van der Waals surface area contributed by atoms with Gasteiger partial charge in [0.1, 0.15) is 6.54 Å². The molecule has 0 unspecified atom stereocenters.